The lowest BCUT2D eigenvalue weighted by Gasteiger charge is -1.94. The normalized spacial score (nSPS) is 8.89. The van der Waals surface area contributed by atoms with Gasteiger partial charge >= 0.3 is 0 Å². The third kappa shape index (κ3) is 4.81. The van der Waals surface area contributed by atoms with E-state index in [4.69, 9.17) is 16.7 Å². The Labute approximate surface area is 111 Å². The summed E-state index contributed by atoms with van der Waals surface area (Å²) in [5.74, 6) is 0. The highest BCUT2D eigenvalue weighted by molar-refractivity contribution is 7.98. The zero-order chi connectivity index (χ0) is 13.4. The van der Waals surface area contributed by atoms with E-state index in [1.165, 1.54) is 4.90 Å². The molecule has 0 aliphatic rings. The Morgan fingerprint density at radius 1 is 1.00 bits per heavy atom. The maximum atomic E-state index is 8.36. The predicted octanol–water partition coefficient (Wildman–Crippen LogP) is 3.13. The van der Waals surface area contributed by atoms with E-state index in [1.54, 1.807) is 36.0 Å². The van der Waals surface area contributed by atoms with E-state index in [1.807, 2.05) is 36.6 Å². The van der Waals surface area contributed by atoms with Gasteiger partial charge in [0.1, 0.15) is 0 Å². The van der Waals surface area contributed by atoms with Crippen molar-refractivity contribution in [1.29, 1.82) is 5.26 Å². The fourth-order valence-corrected chi connectivity index (χ4v) is 1.62. The van der Waals surface area contributed by atoms with Gasteiger partial charge in [-0.1, -0.05) is 6.07 Å². The summed E-state index contributed by atoms with van der Waals surface area (Å²) in [7, 11) is 0. The topological polar surface area (TPSA) is 75.8 Å². The molecule has 0 spiro atoms. The number of rotatable bonds is 1. The molecule has 2 rings (SSSR count). The van der Waals surface area contributed by atoms with Crippen LogP contribution in [-0.4, -0.2) is 6.26 Å². The molecule has 4 heteroatoms. The van der Waals surface area contributed by atoms with Gasteiger partial charge in [-0.25, -0.2) is 0 Å². The van der Waals surface area contributed by atoms with Gasteiger partial charge in [0, 0.05) is 16.3 Å². The molecule has 0 bridgehead atoms. The second kappa shape index (κ2) is 7.25. The third-order valence-electron chi connectivity index (χ3n) is 2.13. The van der Waals surface area contributed by atoms with Crippen molar-refractivity contribution in [3.63, 3.8) is 0 Å². The van der Waals surface area contributed by atoms with E-state index in [0.29, 0.717) is 11.3 Å². The fraction of sp³-hybridized carbons (Fsp3) is 0.0714. The number of nitriles is 1. The average molecular weight is 257 g/mol. The molecule has 2 aromatic rings. The minimum atomic E-state index is 0.606. The molecule has 0 saturated carbocycles. The first-order valence-electron chi connectivity index (χ1n) is 5.31. The summed E-state index contributed by atoms with van der Waals surface area (Å²) in [6.07, 6.45) is 2.05. The third-order valence-corrected chi connectivity index (χ3v) is 2.88. The van der Waals surface area contributed by atoms with Crippen LogP contribution in [0, 0.1) is 11.3 Å². The van der Waals surface area contributed by atoms with Crippen molar-refractivity contribution >= 4 is 23.1 Å². The molecule has 0 aliphatic carbocycles. The molecule has 0 saturated heterocycles. The van der Waals surface area contributed by atoms with Gasteiger partial charge in [-0.3, -0.25) is 0 Å². The summed E-state index contributed by atoms with van der Waals surface area (Å²) in [6, 6.07) is 16.7. The lowest BCUT2D eigenvalue weighted by molar-refractivity contribution is 1.47. The molecule has 0 aliphatic heterocycles. The number of thioether (sulfide) groups is 1. The standard InChI is InChI=1S/C7H6N2.C7H9NS/c8-5-6-2-1-3-7(9)4-6;1-9-7-4-2-6(8)3-5-7/h1-4H,9H2;2-5H,8H2,1H3. The maximum Gasteiger partial charge on any atom is 0.0992 e. The van der Waals surface area contributed by atoms with E-state index < -0.39 is 0 Å². The fourth-order valence-electron chi connectivity index (χ4n) is 1.21. The van der Waals surface area contributed by atoms with Gasteiger partial charge in [0.15, 0.2) is 0 Å². The molecule has 0 atom stereocenters. The van der Waals surface area contributed by atoms with Crippen molar-refractivity contribution in [3.05, 3.63) is 54.1 Å². The molecule has 2 aromatic carbocycles. The van der Waals surface area contributed by atoms with E-state index in [-0.39, 0.29) is 0 Å². The summed E-state index contributed by atoms with van der Waals surface area (Å²) in [5, 5.41) is 8.36. The number of nitrogens with two attached hydrogens (primary N) is 2. The van der Waals surface area contributed by atoms with Crippen LogP contribution in [0.2, 0.25) is 0 Å². The summed E-state index contributed by atoms with van der Waals surface area (Å²) >= 11 is 1.72. The highest BCUT2D eigenvalue weighted by Gasteiger charge is 1.87. The monoisotopic (exact) mass is 257 g/mol. The van der Waals surface area contributed by atoms with Crippen molar-refractivity contribution in [2.75, 3.05) is 17.7 Å². The molecule has 18 heavy (non-hydrogen) atoms. The minimum absolute atomic E-state index is 0.606. The van der Waals surface area contributed by atoms with Crippen LogP contribution in [0.5, 0.6) is 0 Å². The minimum Gasteiger partial charge on any atom is -0.399 e. The highest BCUT2D eigenvalue weighted by atomic mass is 32.2. The van der Waals surface area contributed by atoms with Crippen molar-refractivity contribution in [2.24, 2.45) is 0 Å². The molecule has 3 nitrogen and oxygen atoms in total. The van der Waals surface area contributed by atoms with Crippen molar-refractivity contribution in [1.82, 2.24) is 0 Å². The number of benzene rings is 2. The Bertz CT molecular complexity index is 529. The van der Waals surface area contributed by atoms with Crippen LogP contribution >= 0.6 is 11.8 Å². The first-order valence-corrected chi connectivity index (χ1v) is 6.53. The molecule has 4 N–H and O–H groups in total. The Morgan fingerprint density at radius 3 is 2.11 bits per heavy atom. The van der Waals surface area contributed by atoms with Crippen LogP contribution in [0.3, 0.4) is 0 Å². The second-order valence-electron chi connectivity index (χ2n) is 3.51. The number of anilines is 2. The van der Waals surface area contributed by atoms with Crippen LogP contribution < -0.4 is 11.5 Å². The largest absolute Gasteiger partial charge is 0.399 e. The van der Waals surface area contributed by atoms with Gasteiger partial charge in [-0.15, -0.1) is 11.8 Å². The average Bonchev–Trinajstić information content (AvgIpc) is 2.40. The number of nitrogen functional groups attached to an aromatic ring is 2. The van der Waals surface area contributed by atoms with Crippen LogP contribution in [0.4, 0.5) is 11.4 Å². The zero-order valence-corrected chi connectivity index (χ0v) is 10.9. The molecular weight excluding hydrogens is 242 g/mol. The van der Waals surface area contributed by atoms with Gasteiger partial charge in [0.05, 0.1) is 11.6 Å². The predicted molar refractivity (Wildman–Crippen MR) is 78.2 cm³/mol. The number of hydrogen-bond acceptors (Lipinski definition) is 4. The highest BCUT2D eigenvalue weighted by Crippen LogP contribution is 2.15. The Hall–Kier alpha value is -2.12. The zero-order valence-electron chi connectivity index (χ0n) is 10.1. The SMILES string of the molecule is CSc1ccc(N)cc1.N#Cc1cccc(N)c1. The van der Waals surface area contributed by atoms with E-state index >= 15 is 0 Å². The molecule has 0 fully saturated rings. The van der Waals surface area contributed by atoms with Crippen LogP contribution in [0.1, 0.15) is 5.56 Å². The molecule has 92 valence electrons. The Kier molecular flexibility index (Phi) is 5.62. The summed E-state index contributed by atoms with van der Waals surface area (Å²) in [6.45, 7) is 0. The smallest absolute Gasteiger partial charge is 0.0992 e. The van der Waals surface area contributed by atoms with Crippen molar-refractivity contribution < 1.29 is 0 Å². The maximum absolute atomic E-state index is 8.36. The molecular formula is C14H15N3S. The van der Waals surface area contributed by atoms with Crippen molar-refractivity contribution in [3.8, 4) is 6.07 Å². The second-order valence-corrected chi connectivity index (χ2v) is 4.39. The summed E-state index contributed by atoms with van der Waals surface area (Å²) in [4.78, 5) is 1.25. The van der Waals surface area contributed by atoms with Crippen LogP contribution in [-0.2, 0) is 0 Å². The Morgan fingerprint density at radius 2 is 1.67 bits per heavy atom. The molecule has 0 amide bonds. The van der Waals surface area contributed by atoms with Gasteiger partial charge in [0.2, 0.25) is 0 Å². The number of nitrogens with zero attached hydrogens (tertiary/aromatic N) is 1. The lowest BCUT2D eigenvalue weighted by atomic mass is 10.2. The summed E-state index contributed by atoms with van der Waals surface area (Å²) < 4.78 is 0. The first-order chi connectivity index (χ1) is 8.65. The molecule has 0 heterocycles. The van der Waals surface area contributed by atoms with Gasteiger partial charge in [0.25, 0.3) is 0 Å². The number of hydrogen-bond donors (Lipinski definition) is 2. The van der Waals surface area contributed by atoms with E-state index in [0.717, 1.165) is 5.69 Å². The van der Waals surface area contributed by atoms with Crippen LogP contribution in [0.15, 0.2) is 53.4 Å². The molecule has 0 unspecified atom stereocenters. The lowest BCUT2D eigenvalue weighted by Crippen LogP contribution is -1.83. The quantitative estimate of drug-likeness (QED) is 0.608. The van der Waals surface area contributed by atoms with Gasteiger partial charge in [-0.05, 0) is 48.7 Å². The van der Waals surface area contributed by atoms with Gasteiger partial charge < -0.3 is 11.5 Å². The van der Waals surface area contributed by atoms with Crippen LogP contribution in [0.25, 0.3) is 0 Å². The van der Waals surface area contributed by atoms with Gasteiger partial charge in [-0.2, -0.15) is 5.26 Å². The molecule has 0 aromatic heterocycles. The van der Waals surface area contributed by atoms with Crippen molar-refractivity contribution in [2.45, 2.75) is 4.90 Å². The van der Waals surface area contributed by atoms with E-state index in [2.05, 4.69) is 0 Å². The summed E-state index contributed by atoms with van der Waals surface area (Å²) in [5.41, 5.74) is 12.9. The Balaban J connectivity index is 0.000000180. The first kappa shape index (κ1) is 13.9. The molecule has 0 radical (unpaired) electrons. The van der Waals surface area contributed by atoms with E-state index in [9.17, 15) is 0 Å².